The molecule has 2 rings (SSSR count). The molecule has 1 aromatic carbocycles. The van der Waals surface area contributed by atoms with E-state index in [1.807, 2.05) is 0 Å². The Hall–Kier alpha value is -2.27. The van der Waals surface area contributed by atoms with Crippen LogP contribution in [-0.4, -0.2) is 54.2 Å². The molecule has 0 aliphatic carbocycles. The predicted molar refractivity (Wildman–Crippen MR) is 110 cm³/mol. The summed E-state index contributed by atoms with van der Waals surface area (Å²) in [5.41, 5.74) is 6.78. The third kappa shape index (κ3) is 5.63. The lowest BCUT2D eigenvalue weighted by Crippen LogP contribution is -2.22. The van der Waals surface area contributed by atoms with Crippen LogP contribution in [0.15, 0.2) is 41.1 Å². The van der Waals surface area contributed by atoms with Crippen LogP contribution >= 0.6 is 12.4 Å². The van der Waals surface area contributed by atoms with E-state index in [1.54, 1.807) is 19.1 Å². The molecule has 0 spiro atoms. The summed E-state index contributed by atoms with van der Waals surface area (Å²) in [6, 6.07) is 6.17. The number of rotatable bonds is 8. The second-order valence-electron chi connectivity index (χ2n) is 6.37. The molecule has 0 saturated heterocycles. The first-order valence-electron chi connectivity index (χ1n) is 8.43. The smallest absolute Gasteiger partial charge is 0.356 e. The first-order valence-corrected chi connectivity index (χ1v) is 9.87. The molecular formula is C18H24ClFN4O4S. The Balaban J connectivity index is 0.00000420. The molecular weight excluding hydrogens is 423 g/mol. The lowest BCUT2D eigenvalue weighted by molar-refractivity contribution is 0.0688. The SMILES string of the molecule is Cc1c(Cc2ccc(S(=O)(=O)N(C)C)cc2)c(C(=O)O)nn1CC(F)=CCN.Cl. The quantitative estimate of drug-likeness (QED) is 0.639. The first kappa shape index (κ1) is 24.8. The lowest BCUT2D eigenvalue weighted by Gasteiger charge is -2.11. The molecule has 8 nitrogen and oxygen atoms in total. The average molecular weight is 447 g/mol. The van der Waals surface area contributed by atoms with Crippen molar-refractivity contribution in [1.82, 2.24) is 14.1 Å². The number of hydrogen-bond donors (Lipinski definition) is 2. The maximum atomic E-state index is 13.8. The highest BCUT2D eigenvalue weighted by atomic mass is 35.5. The van der Waals surface area contributed by atoms with Crippen molar-refractivity contribution < 1.29 is 22.7 Å². The molecule has 0 bridgehead atoms. The number of aromatic carboxylic acids is 1. The van der Waals surface area contributed by atoms with E-state index in [0.717, 1.165) is 4.31 Å². The zero-order chi connectivity index (χ0) is 21.1. The van der Waals surface area contributed by atoms with Gasteiger partial charge in [0.05, 0.1) is 11.4 Å². The molecule has 0 amide bonds. The fourth-order valence-corrected chi connectivity index (χ4v) is 3.55. The molecule has 3 N–H and O–H groups in total. The Bertz CT molecular complexity index is 1000. The molecule has 11 heteroatoms. The minimum atomic E-state index is -3.55. The number of halogens is 2. The van der Waals surface area contributed by atoms with E-state index >= 15 is 0 Å². The number of carboxylic acids is 1. The van der Waals surface area contributed by atoms with Crippen LogP contribution in [0.5, 0.6) is 0 Å². The molecule has 2 aromatic rings. The van der Waals surface area contributed by atoms with E-state index in [9.17, 15) is 22.7 Å². The highest BCUT2D eigenvalue weighted by molar-refractivity contribution is 7.89. The third-order valence-corrected chi connectivity index (χ3v) is 6.09. The van der Waals surface area contributed by atoms with Crippen molar-refractivity contribution in [2.24, 2.45) is 5.73 Å². The van der Waals surface area contributed by atoms with Crippen molar-refractivity contribution in [2.75, 3.05) is 20.6 Å². The van der Waals surface area contributed by atoms with Crippen LogP contribution in [0.3, 0.4) is 0 Å². The number of hydrogen-bond acceptors (Lipinski definition) is 5. The van der Waals surface area contributed by atoms with Gasteiger partial charge in [-0.05, 0) is 30.7 Å². The van der Waals surface area contributed by atoms with Gasteiger partial charge in [0.2, 0.25) is 10.0 Å². The van der Waals surface area contributed by atoms with Gasteiger partial charge in [0.25, 0.3) is 0 Å². The van der Waals surface area contributed by atoms with E-state index < -0.39 is 21.8 Å². The summed E-state index contributed by atoms with van der Waals surface area (Å²) in [7, 11) is -0.661. The van der Waals surface area contributed by atoms with Crippen LogP contribution in [0, 0.1) is 6.92 Å². The lowest BCUT2D eigenvalue weighted by atomic mass is 10.0. The minimum Gasteiger partial charge on any atom is -0.476 e. The van der Waals surface area contributed by atoms with Crippen LogP contribution in [0.25, 0.3) is 0 Å². The zero-order valence-electron chi connectivity index (χ0n) is 16.3. The first-order chi connectivity index (χ1) is 13.1. The van der Waals surface area contributed by atoms with Gasteiger partial charge in [-0.15, -0.1) is 12.4 Å². The molecule has 160 valence electrons. The normalized spacial score (nSPS) is 12.1. The van der Waals surface area contributed by atoms with Gasteiger partial charge in [-0.3, -0.25) is 4.68 Å². The van der Waals surface area contributed by atoms with Crippen LogP contribution in [0.1, 0.15) is 27.3 Å². The highest BCUT2D eigenvalue weighted by Crippen LogP contribution is 2.21. The summed E-state index contributed by atoms with van der Waals surface area (Å²) < 4.78 is 40.5. The topological polar surface area (TPSA) is 119 Å². The van der Waals surface area contributed by atoms with Gasteiger partial charge in [0.1, 0.15) is 5.83 Å². The van der Waals surface area contributed by atoms with Crippen molar-refractivity contribution >= 4 is 28.4 Å². The largest absolute Gasteiger partial charge is 0.476 e. The number of benzene rings is 1. The Morgan fingerprint density at radius 1 is 1.31 bits per heavy atom. The van der Waals surface area contributed by atoms with Crippen LogP contribution in [0.4, 0.5) is 4.39 Å². The maximum Gasteiger partial charge on any atom is 0.356 e. The van der Waals surface area contributed by atoms with E-state index in [2.05, 4.69) is 5.10 Å². The van der Waals surface area contributed by atoms with Gasteiger partial charge in [-0.2, -0.15) is 5.10 Å². The molecule has 0 fully saturated rings. The van der Waals surface area contributed by atoms with Crippen molar-refractivity contribution in [1.29, 1.82) is 0 Å². The van der Waals surface area contributed by atoms with E-state index in [-0.39, 0.29) is 42.5 Å². The number of carbonyl (C=O) groups is 1. The minimum absolute atomic E-state index is 0. The summed E-state index contributed by atoms with van der Waals surface area (Å²) >= 11 is 0. The maximum absolute atomic E-state index is 13.8. The summed E-state index contributed by atoms with van der Waals surface area (Å²) in [5.74, 6) is -1.72. The molecule has 0 saturated carbocycles. The van der Waals surface area contributed by atoms with Crippen LogP contribution < -0.4 is 5.73 Å². The van der Waals surface area contributed by atoms with Gasteiger partial charge < -0.3 is 10.8 Å². The summed E-state index contributed by atoms with van der Waals surface area (Å²) in [5, 5.41) is 13.4. The fraction of sp³-hybridized carbons (Fsp3) is 0.333. The van der Waals surface area contributed by atoms with Crippen LogP contribution in [0.2, 0.25) is 0 Å². The number of allylic oxidation sites excluding steroid dienone is 1. The molecule has 0 aliphatic rings. The number of nitrogens with zero attached hydrogens (tertiary/aromatic N) is 3. The van der Waals surface area contributed by atoms with Gasteiger partial charge in [-0.25, -0.2) is 21.9 Å². The molecule has 0 atom stereocenters. The van der Waals surface area contributed by atoms with E-state index in [1.165, 1.54) is 37.0 Å². The Kier molecular flexibility index (Phi) is 8.51. The van der Waals surface area contributed by atoms with E-state index in [0.29, 0.717) is 16.8 Å². The van der Waals surface area contributed by atoms with E-state index in [4.69, 9.17) is 5.73 Å². The van der Waals surface area contributed by atoms with Crippen LogP contribution in [-0.2, 0) is 23.0 Å². The molecule has 1 heterocycles. The van der Waals surface area contributed by atoms with Gasteiger partial charge in [0, 0.05) is 38.3 Å². The van der Waals surface area contributed by atoms with Crippen molar-refractivity contribution in [3.05, 3.63) is 58.7 Å². The second-order valence-corrected chi connectivity index (χ2v) is 8.52. The monoisotopic (exact) mass is 446 g/mol. The molecule has 29 heavy (non-hydrogen) atoms. The number of carboxylic acid groups (broad SMARTS) is 1. The number of sulfonamides is 1. The Morgan fingerprint density at radius 3 is 2.38 bits per heavy atom. The van der Waals surface area contributed by atoms with Gasteiger partial charge in [0.15, 0.2) is 5.69 Å². The average Bonchev–Trinajstić information content (AvgIpc) is 2.92. The number of aromatic nitrogens is 2. The number of nitrogens with two attached hydrogens (primary N) is 1. The zero-order valence-corrected chi connectivity index (χ0v) is 17.9. The second kappa shape index (κ2) is 9.97. The summed E-state index contributed by atoms with van der Waals surface area (Å²) in [4.78, 5) is 11.7. The summed E-state index contributed by atoms with van der Waals surface area (Å²) in [6.45, 7) is 1.49. The molecule has 1 aromatic heterocycles. The Morgan fingerprint density at radius 2 is 1.90 bits per heavy atom. The third-order valence-electron chi connectivity index (χ3n) is 4.26. The predicted octanol–water partition coefficient (Wildman–Crippen LogP) is 1.96. The molecule has 0 unspecified atom stereocenters. The van der Waals surface area contributed by atoms with Gasteiger partial charge in [-0.1, -0.05) is 12.1 Å². The van der Waals surface area contributed by atoms with Crippen molar-refractivity contribution in [2.45, 2.75) is 24.8 Å². The van der Waals surface area contributed by atoms with Crippen molar-refractivity contribution in [3.8, 4) is 0 Å². The molecule has 0 radical (unpaired) electrons. The van der Waals surface area contributed by atoms with Gasteiger partial charge >= 0.3 is 5.97 Å². The Labute approximate surface area is 175 Å². The summed E-state index contributed by atoms with van der Waals surface area (Å²) in [6.07, 6.45) is 1.42. The molecule has 0 aliphatic heterocycles. The highest BCUT2D eigenvalue weighted by Gasteiger charge is 2.22. The fourth-order valence-electron chi connectivity index (χ4n) is 2.65. The van der Waals surface area contributed by atoms with Crippen molar-refractivity contribution in [3.63, 3.8) is 0 Å². The standard InChI is InChI=1S/C18H23FN4O4S.ClH/c1-12-16(17(18(24)25)21-23(12)11-14(19)8-9-20)10-13-4-6-15(7-5-13)28(26,27)22(2)3;/h4-8H,9-11,20H2,1-3H3,(H,24,25);1H.